The summed E-state index contributed by atoms with van der Waals surface area (Å²) in [6.45, 7) is 9.19. The normalized spacial score (nSPS) is 12.6. The van der Waals surface area contributed by atoms with Gasteiger partial charge in [-0.2, -0.15) is 0 Å². The molecule has 3 heteroatoms. The Hall–Kier alpha value is -1.80. The average Bonchev–Trinajstić information content (AvgIpc) is 2.47. The van der Waals surface area contributed by atoms with Crippen LogP contribution in [0.15, 0.2) is 66.2 Å². The molecule has 0 spiro atoms. The molecule has 1 unspecified atom stereocenters. The van der Waals surface area contributed by atoms with Gasteiger partial charge >= 0.3 is 5.97 Å². The Kier molecular flexibility index (Phi) is 7.55. The molecular weight excluding hydrogens is 284 g/mol. The molecule has 0 aliphatic carbocycles. The smallest absolute Gasteiger partial charge is 0.305 e. The third kappa shape index (κ3) is 6.46. The molecule has 0 saturated heterocycles. The third-order valence-electron chi connectivity index (χ3n) is 3.01. The lowest BCUT2D eigenvalue weighted by Crippen LogP contribution is -2.21. The highest BCUT2D eigenvalue weighted by molar-refractivity contribution is 6.31. The van der Waals surface area contributed by atoms with E-state index in [0.717, 1.165) is 11.1 Å². The van der Waals surface area contributed by atoms with Crippen LogP contribution in [0.3, 0.4) is 0 Å². The summed E-state index contributed by atoms with van der Waals surface area (Å²) >= 11 is 5.99. The monoisotopic (exact) mass is 304 g/mol. The van der Waals surface area contributed by atoms with Gasteiger partial charge in [0.25, 0.3) is 0 Å². The van der Waals surface area contributed by atoms with Crippen LogP contribution in [-0.2, 0) is 16.0 Å². The summed E-state index contributed by atoms with van der Waals surface area (Å²) < 4.78 is 5.52. The van der Waals surface area contributed by atoms with Gasteiger partial charge in [0, 0.05) is 24.3 Å². The molecule has 0 saturated carbocycles. The molecule has 1 aromatic rings. The van der Waals surface area contributed by atoms with E-state index in [-0.39, 0.29) is 12.1 Å². The number of ether oxygens (including phenoxy) is 1. The summed E-state index contributed by atoms with van der Waals surface area (Å²) in [4.78, 5) is 11.6. The zero-order valence-corrected chi connectivity index (χ0v) is 13.1. The van der Waals surface area contributed by atoms with Crippen molar-refractivity contribution in [3.63, 3.8) is 0 Å². The van der Waals surface area contributed by atoms with Crippen LogP contribution in [0.1, 0.15) is 25.3 Å². The number of hydrogen-bond donors (Lipinski definition) is 0. The van der Waals surface area contributed by atoms with Gasteiger partial charge in [-0.05, 0) is 11.1 Å². The largest absolute Gasteiger partial charge is 0.462 e. The van der Waals surface area contributed by atoms with Gasteiger partial charge in [0.05, 0.1) is 0 Å². The number of carbonyl (C=O) groups excluding carboxylic acids is 1. The molecule has 0 heterocycles. The van der Waals surface area contributed by atoms with E-state index < -0.39 is 0 Å². The van der Waals surface area contributed by atoms with Crippen molar-refractivity contribution in [2.45, 2.75) is 32.3 Å². The van der Waals surface area contributed by atoms with Gasteiger partial charge in [-0.3, -0.25) is 4.79 Å². The van der Waals surface area contributed by atoms with Crippen molar-refractivity contribution in [2.75, 3.05) is 0 Å². The van der Waals surface area contributed by atoms with Crippen molar-refractivity contribution in [1.82, 2.24) is 0 Å². The number of carbonyl (C=O) groups is 1. The van der Waals surface area contributed by atoms with Gasteiger partial charge in [-0.15, -0.1) is 0 Å². The molecule has 0 fully saturated rings. The van der Waals surface area contributed by atoms with E-state index in [4.69, 9.17) is 16.3 Å². The summed E-state index contributed by atoms with van der Waals surface area (Å²) in [5.41, 5.74) is 1.95. The van der Waals surface area contributed by atoms with Crippen molar-refractivity contribution < 1.29 is 9.53 Å². The minimum absolute atomic E-state index is 0.214. The van der Waals surface area contributed by atoms with Crippen molar-refractivity contribution in [3.05, 3.63) is 71.8 Å². The SMILES string of the molecule is C=C/C=C(/CC(Cc1ccccc1)OC(=O)CC)C(=C)Cl. The Morgan fingerprint density at radius 1 is 1.38 bits per heavy atom. The molecule has 0 N–H and O–H groups in total. The van der Waals surface area contributed by atoms with Gasteiger partial charge in [0.1, 0.15) is 6.10 Å². The number of halogens is 1. The fourth-order valence-corrected chi connectivity index (χ4v) is 2.10. The zero-order valence-electron chi connectivity index (χ0n) is 12.3. The molecule has 1 rings (SSSR count). The lowest BCUT2D eigenvalue weighted by molar-refractivity contribution is -0.148. The van der Waals surface area contributed by atoms with E-state index in [1.165, 1.54) is 0 Å². The fraction of sp³-hybridized carbons (Fsp3) is 0.278. The number of rotatable bonds is 8. The Bertz CT molecular complexity index is 517. The van der Waals surface area contributed by atoms with Crippen LogP contribution in [0.2, 0.25) is 0 Å². The summed E-state index contributed by atoms with van der Waals surface area (Å²) in [6.07, 6.45) is 4.71. The maximum atomic E-state index is 11.6. The Morgan fingerprint density at radius 2 is 2.05 bits per heavy atom. The highest BCUT2D eigenvalue weighted by Crippen LogP contribution is 2.22. The summed E-state index contributed by atoms with van der Waals surface area (Å²) in [7, 11) is 0. The molecule has 2 nitrogen and oxygen atoms in total. The van der Waals surface area contributed by atoms with E-state index in [9.17, 15) is 4.79 Å². The number of hydrogen-bond acceptors (Lipinski definition) is 2. The van der Waals surface area contributed by atoms with Gasteiger partial charge in [0.15, 0.2) is 0 Å². The Balaban J connectivity index is 2.86. The summed E-state index contributed by atoms with van der Waals surface area (Å²) in [5, 5.41) is 0.445. The minimum atomic E-state index is -0.262. The van der Waals surface area contributed by atoms with Gasteiger partial charge in [-0.1, -0.05) is 74.2 Å². The molecule has 0 amide bonds. The molecule has 1 aromatic carbocycles. The van der Waals surface area contributed by atoms with Crippen LogP contribution in [0.4, 0.5) is 0 Å². The van der Waals surface area contributed by atoms with Crippen LogP contribution < -0.4 is 0 Å². The second-order valence-electron chi connectivity index (χ2n) is 4.69. The standard InChI is InChI=1S/C18H21ClO2/c1-4-9-16(14(3)19)13-17(21-18(20)5-2)12-15-10-7-6-8-11-15/h4,6-11,17H,1,3,5,12-13H2,2H3/b16-9-. The van der Waals surface area contributed by atoms with Crippen LogP contribution in [0, 0.1) is 0 Å². The first kappa shape index (κ1) is 17.3. The van der Waals surface area contributed by atoms with Crippen LogP contribution in [-0.4, -0.2) is 12.1 Å². The predicted octanol–water partition coefficient (Wildman–Crippen LogP) is 4.81. The van der Waals surface area contributed by atoms with Crippen LogP contribution in [0.5, 0.6) is 0 Å². The van der Waals surface area contributed by atoms with E-state index in [1.807, 2.05) is 30.3 Å². The first-order chi connectivity index (χ1) is 10.1. The fourth-order valence-electron chi connectivity index (χ4n) is 1.96. The van der Waals surface area contributed by atoms with E-state index >= 15 is 0 Å². The number of allylic oxidation sites excluding steroid dienone is 3. The highest BCUT2D eigenvalue weighted by atomic mass is 35.5. The number of esters is 1. The molecule has 0 bridgehead atoms. The minimum Gasteiger partial charge on any atom is -0.462 e. The van der Waals surface area contributed by atoms with E-state index in [1.54, 1.807) is 19.1 Å². The lowest BCUT2D eigenvalue weighted by Gasteiger charge is -2.19. The van der Waals surface area contributed by atoms with Crippen molar-refractivity contribution >= 4 is 17.6 Å². The molecule has 0 radical (unpaired) electrons. The maximum absolute atomic E-state index is 11.6. The average molecular weight is 305 g/mol. The lowest BCUT2D eigenvalue weighted by atomic mass is 10.0. The topological polar surface area (TPSA) is 26.3 Å². The summed E-state index contributed by atoms with van der Waals surface area (Å²) in [6, 6.07) is 9.92. The predicted molar refractivity (Wildman–Crippen MR) is 88.2 cm³/mol. The Morgan fingerprint density at radius 3 is 2.57 bits per heavy atom. The first-order valence-electron chi connectivity index (χ1n) is 6.96. The maximum Gasteiger partial charge on any atom is 0.305 e. The molecule has 0 aliphatic rings. The van der Waals surface area contributed by atoms with Gasteiger partial charge in [0.2, 0.25) is 0 Å². The third-order valence-corrected chi connectivity index (χ3v) is 3.25. The van der Waals surface area contributed by atoms with Crippen molar-refractivity contribution in [1.29, 1.82) is 0 Å². The van der Waals surface area contributed by atoms with E-state index in [0.29, 0.717) is 24.3 Å². The second-order valence-corrected chi connectivity index (χ2v) is 5.15. The molecule has 0 aliphatic heterocycles. The first-order valence-corrected chi connectivity index (χ1v) is 7.34. The Labute approximate surface area is 131 Å². The van der Waals surface area contributed by atoms with Crippen molar-refractivity contribution in [2.24, 2.45) is 0 Å². The molecule has 21 heavy (non-hydrogen) atoms. The van der Waals surface area contributed by atoms with Gasteiger partial charge < -0.3 is 4.74 Å². The van der Waals surface area contributed by atoms with Crippen LogP contribution in [0.25, 0.3) is 0 Å². The zero-order chi connectivity index (χ0) is 15.7. The van der Waals surface area contributed by atoms with Crippen LogP contribution >= 0.6 is 11.6 Å². The van der Waals surface area contributed by atoms with Gasteiger partial charge in [-0.25, -0.2) is 0 Å². The quantitative estimate of drug-likeness (QED) is 0.509. The molecule has 112 valence electrons. The molecule has 0 aromatic heterocycles. The number of benzene rings is 1. The highest BCUT2D eigenvalue weighted by Gasteiger charge is 2.17. The van der Waals surface area contributed by atoms with E-state index in [2.05, 4.69) is 13.2 Å². The molecular formula is C18H21ClO2. The summed E-state index contributed by atoms with van der Waals surface area (Å²) in [5.74, 6) is -0.214. The second kappa shape index (κ2) is 9.19. The molecule has 1 atom stereocenters. The van der Waals surface area contributed by atoms with Crippen molar-refractivity contribution in [3.8, 4) is 0 Å².